The van der Waals surface area contributed by atoms with Gasteiger partial charge in [0.1, 0.15) is 5.75 Å². The molecule has 2 nitrogen and oxygen atoms in total. The van der Waals surface area contributed by atoms with Gasteiger partial charge in [-0.05, 0) is 43.5 Å². The largest absolute Gasteiger partial charge is 0.497 e. The third kappa shape index (κ3) is 3.76. The first-order valence-electron chi connectivity index (χ1n) is 5.20. The maximum Gasteiger partial charge on any atom is 0.119 e. The molecular formula is C13H19NO. The van der Waals surface area contributed by atoms with E-state index in [-0.39, 0.29) is 6.04 Å². The van der Waals surface area contributed by atoms with Gasteiger partial charge in [-0.2, -0.15) is 0 Å². The Bertz CT molecular complexity index is 342. The van der Waals surface area contributed by atoms with E-state index in [9.17, 15) is 0 Å². The summed E-state index contributed by atoms with van der Waals surface area (Å²) in [5, 5.41) is 0. The summed E-state index contributed by atoms with van der Waals surface area (Å²) in [6.45, 7) is 4.10. The average molecular weight is 205 g/mol. The van der Waals surface area contributed by atoms with Gasteiger partial charge in [0.25, 0.3) is 0 Å². The Balaban J connectivity index is 2.81. The van der Waals surface area contributed by atoms with Crippen molar-refractivity contribution in [2.45, 2.75) is 26.3 Å². The van der Waals surface area contributed by atoms with Crippen LogP contribution in [0, 0.1) is 0 Å². The molecule has 0 aliphatic rings. The second-order valence-electron chi connectivity index (χ2n) is 3.83. The zero-order valence-corrected chi connectivity index (χ0v) is 9.66. The first kappa shape index (κ1) is 11.8. The van der Waals surface area contributed by atoms with Crippen LogP contribution < -0.4 is 10.5 Å². The fourth-order valence-corrected chi connectivity index (χ4v) is 1.35. The highest BCUT2D eigenvalue weighted by molar-refractivity contribution is 5.64. The lowest BCUT2D eigenvalue weighted by atomic mass is 10.0. The molecule has 0 radical (unpaired) electrons. The minimum absolute atomic E-state index is 0.213. The molecule has 1 atom stereocenters. The lowest BCUT2D eigenvalue weighted by molar-refractivity contribution is 0.414. The molecule has 0 fully saturated rings. The van der Waals surface area contributed by atoms with E-state index in [0.29, 0.717) is 0 Å². The van der Waals surface area contributed by atoms with Crippen LogP contribution in [0.3, 0.4) is 0 Å². The van der Waals surface area contributed by atoms with Crippen molar-refractivity contribution in [2.24, 2.45) is 5.73 Å². The Labute approximate surface area is 91.7 Å². The zero-order valence-electron chi connectivity index (χ0n) is 9.66. The maximum absolute atomic E-state index is 5.71. The Kier molecular flexibility index (Phi) is 4.37. The molecule has 82 valence electrons. The van der Waals surface area contributed by atoms with Gasteiger partial charge >= 0.3 is 0 Å². The van der Waals surface area contributed by atoms with Crippen molar-refractivity contribution in [2.75, 3.05) is 7.11 Å². The molecule has 0 aliphatic heterocycles. The molecular weight excluding hydrogens is 186 g/mol. The first-order chi connectivity index (χ1) is 7.13. The second-order valence-corrected chi connectivity index (χ2v) is 3.83. The summed E-state index contributed by atoms with van der Waals surface area (Å²) in [4.78, 5) is 0. The van der Waals surface area contributed by atoms with E-state index in [1.165, 1.54) is 11.1 Å². The lowest BCUT2D eigenvalue weighted by Crippen LogP contribution is -2.12. The van der Waals surface area contributed by atoms with Gasteiger partial charge in [0.15, 0.2) is 0 Å². The number of hydrogen-bond acceptors (Lipinski definition) is 2. The van der Waals surface area contributed by atoms with Crippen LogP contribution in [-0.4, -0.2) is 13.2 Å². The molecule has 1 unspecified atom stereocenters. The van der Waals surface area contributed by atoms with Crippen LogP contribution in [0.2, 0.25) is 0 Å². The van der Waals surface area contributed by atoms with Crippen molar-refractivity contribution in [1.82, 2.24) is 0 Å². The predicted octanol–water partition coefficient (Wildman–Crippen LogP) is 2.84. The number of ether oxygens (including phenoxy) is 1. The molecule has 0 aliphatic carbocycles. The van der Waals surface area contributed by atoms with Crippen molar-refractivity contribution < 1.29 is 4.74 Å². The number of rotatable bonds is 4. The van der Waals surface area contributed by atoms with E-state index in [2.05, 4.69) is 19.1 Å². The van der Waals surface area contributed by atoms with Gasteiger partial charge < -0.3 is 10.5 Å². The fraction of sp³-hybridized carbons (Fsp3) is 0.385. The highest BCUT2D eigenvalue weighted by Gasteiger charge is 1.98. The van der Waals surface area contributed by atoms with Crippen LogP contribution >= 0.6 is 0 Å². The first-order valence-corrected chi connectivity index (χ1v) is 5.20. The third-order valence-electron chi connectivity index (χ3n) is 2.32. The number of nitrogens with two attached hydrogens (primary N) is 1. The van der Waals surface area contributed by atoms with Gasteiger partial charge in [-0.3, -0.25) is 0 Å². The van der Waals surface area contributed by atoms with Gasteiger partial charge in [-0.1, -0.05) is 18.2 Å². The fourth-order valence-electron chi connectivity index (χ4n) is 1.35. The van der Waals surface area contributed by atoms with E-state index >= 15 is 0 Å². The van der Waals surface area contributed by atoms with Crippen LogP contribution in [0.15, 0.2) is 30.3 Å². The summed E-state index contributed by atoms with van der Waals surface area (Å²) in [5.41, 5.74) is 8.14. The monoisotopic (exact) mass is 205 g/mol. The van der Waals surface area contributed by atoms with Gasteiger partial charge in [0, 0.05) is 6.04 Å². The summed E-state index contributed by atoms with van der Waals surface area (Å²) in [5.74, 6) is 0.890. The smallest absolute Gasteiger partial charge is 0.119 e. The Morgan fingerprint density at radius 3 is 2.87 bits per heavy atom. The molecule has 1 aromatic carbocycles. The predicted molar refractivity (Wildman–Crippen MR) is 64.9 cm³/mol. The van der Waals surface area contributed by atoms with Crippen molar-refractivity contribution in [3.63, 3.8) is 0 Å². The van der Waals surface area contributed by atoms with E-state index in [0.717, 1.165) is 12.2 Å². The van der Waals surface area contributed by atoms with E-state index in [1.54, 1.807) is 7.11 Å². The molecule has 0 amide bonds. The quantitative estimate of drug-likeness (QED) is 0.820. The molecule has 15 heavy (non-hydrogen) atoms. The standard InChI is InChI=1S/C13H19NO/c1-10(7-8-11(2)14)12-5-4-6-13(9-12)15-3/h4-7,9,11H,8,14H2,1-3H3. The molecule has 0 saturated carbocycles. The van der Waals surface area contributed by atoms with Crippen LogP contribution in [0.4, 0.5) is 0 Å². The molecule has 2 heteroatoms. The summed E-state index contributed by atoms with van der Waals surface area (Å²) >= 11 is 0. The van der Waals surface area contributed by atoms with Gasteiger partial charge in [0.2, 0.25) is 0 Å². The highest BCUT2D eigenvalue weighted by atomic mass is 16.5. The van der Waals surface area contributed by atoms with Crippen molar-refractivity contribution in [1.29, 1.82) is 0 Å². The van der Waals surface area contributed by atoms with Crippen molar-refractivity contribution >= 4 is 5.57 Å². The number of methoxy groups -OCH3 is 1. The molecule has 0 saturated heterocycles. The SMILES string of the molecule is COc1cccc(C(C)=CCC(C)N)c1. The van der Waals surface area contributed by atoms with Gasteiger partial charge in [0.05, 0.1) is 7.11 Å². The normalized spacial score (nSPS) is 13.7. The molecule has 0 aromatic heterocycles. The van der Waals surface area contributed by atoms with E-state index in [1.807, 2.05) is 25.1 Å². The molecule has 1 rings (SSSR count). The zero-order chi connectivity index (χ0) is 11.3. The Hall–Kier alpha value is -1.28. The molecule has 0 spiro atoms. The van der Waals surface area contributed by atoms with Crippen molar-refractivity contribution in [3.05, 3.63) is 35.9 Å². The Morgan fingerprint density at radius 1 is 1.53 bits per heavy atom. The minimum atomic E-state index is 0.213. The molecule has 1 aromatic rings. The number of benzene rings is 1. The van der Waals surface area contributed by atoms with Crippen molar-refractivity contribution in [3.8, 4) is 5.75 Å². The second kappa shape index (κ2) is 5.56. The van der Waals surface area contributed by atoms with E-state index < -0.39 is 0 Å². The number of allylic oxidation sites excluding steroid dienone is 1. The van der Waals surface area contributed by atoms with Crippen LogP contribution in [0.25, 0.3) is 5.57 Å². The maximum atomic E-state index is 5.71. The third-order valence-corrected chi connectivity index (χ3v) is 2.32. The summed E-state index contributed by atoms with van der Waals surface area (Å²) in [6.07, 6.45) is 3.07. The van der Waals surface area contributed by atoms with Gasteiger partial charge in [-0.25, -0.2) is 0 Å². The summed E-state index contributed by atoms with van der Waals surface area (Å²) < 4.78 is 5.18. The minimum Gasteiger partial charge on any atom is -0.497 e. The van der Waals surface area contributed by atoms with Crippen LogP contribution in [0.5, 0.6) is 5.75 Å². The summed E-state index contributed by atoms with van der Waals surface area (Å²) in [7, 11) is 1.68. The van der Waals surface area contributed by atoms with E-state index in [4.69, 9.17) is 10.5 Å². The van der Waals surface area contributed by atoms with Crippen LogP contribution in [0.1, 0.15) is 25.8 Å². The molecule has 0 bridgehead atoms. The van der Waals surface area contributed by atoms with Crippen LogP contribution in [-0.2, 0) is 0 Å². The van der Waals surface area contributed by atoms with Gasteiger partial charge in [-0.15, -0.1) is 0 Å². The summed E-state index contributed by atoms with van der Waals surface area (Å²) in [6, 6.07) is 8.27. The highest BCUT2D eigenvalue weighted by Crippen LogP contribution is 2.20. The topological polar surface area (TPSA) is 35.2 Å². The number of hydrogen-bond donors (Lipinski definition) is 1. The Morgan fingerprint density at radius 2 is 2.27 bits per heavy atom. The lowest BCUT2D eigenvalue weighted by Gasteiger charge is -2.06. The average Bonchev–Trinajstić information content (AvgIpc) is 2.26. The molecule has 0 heterocycles. The molecule has 2 N–H and O–H groups in total.